The van der Waals surface area contributed by atoms with Crippen LogP contribution in [0.15, 0.2) is 46.9 Å². The molecule has 0 saturated carbocycles. The van der Waals surface area contributed by atoms with Gasteiger partial charge in [-0.2, -0.15) is 0 Å². The minimum absolute atomic E-state index is 0.296. The predicted molar refractivity (Wildman–Crippen MR) is 83.8 cm³/mol. The molecule has 1 heterocycles. The molecule has 0 saturated heterocycles. The lowest BCUT2D eigenvalue weighted by Crippen LogP contribution is -2.06. The van der Waals surface area contributed by atoms with E-state index >= 15 is 0 Å². The van der Waals surface area contributed by atoms with Crippen LogP contribution < -0.4 is 4.74 Å². The Hall–Kier alpha value is -1.88. The normalized spacial score (nSPS) is 11.0. The average Bonchev–Trinajstić information content (AvgIpc) is 2.85. The van der Waals surface area contributed by atoms with Crippen LogP contribution in [0.1, 0.15) is 12.7 Å². The van der Waals surface area contributed by atoms with Gasteiger partial charge in [0, 0.05) is 6.54 Å². The number of hydrogen-bond acceptors (Lipinski definition) is 2. The molecule has 3 nitrogen and oxygen atoms in total. The van der Waals surface area contributed by atoms with Crippen molar-refractivity contribution in [3.05, 3.63) is 58.6 Å². The van der Waals surface area contributed by atoms with E-state index in [0.717, 1.165) is 15.7 Å². The summed E-state index contributed by atoms with van der Waals surface area (Å²) in [4.78, 5) is 4.38. The molecule has 0 radical (unpaired) electrons. The van der Waals surface area contributed by atoms with E-state index in [2.05, 4.69) is 20.9 Å². The number of fused-ring (bicyclic) bond motifs is 1. The maximum absolute atomic E-state index is 13.8. The summed E-state index contributed by atoms with van der Waals surface area (Å²) in [5.74, 6) is 1.16. The number of benzene rings is 2. The highest BCUT2D eigenvalue weighted by Gasteiger charge is 2.13. The first-order valence-corrected chi connectivity index (χ1v) is 7.51. The third-order valence-corrected chi connectivity index (χ3v) is 3.97. The van der Waals surface area contributed by atoms with Gasteiger partial charge in [0.1, 0.15) is 23.7 Å². The lowest BCUT2D eigenvalue weighted by Gasteiger charge is -2.09. The van der Waals surface area contributed by atoms with E-state index in [4.69, 9.17) is 4.74 Å². The lowest BCUT2D eigenvalue weighted by atomic mass is 10.3. The molecule has 5 heteroatoms. The van der Waals surface area contributed by atoms with Crippen LogP contribution >= 0.6 is 15.9 Å². The number of halogens is 2. The van der Waals surface area contributed by atoms with E-state index in [9.17, 15) is 4.39 Å². The maximum atomic E-state index is 13.8. The maximum Gasteiger partial charge on any atom is 0.151 e. The second-order valence-corrected chi connectivity index (χ2v) is 5.45. The first-order chi connectivity index (χ1) is 10.2. The molecule has 0 fully saturated rings. The highest BCUT2D eigenvalue weighted by Crippen LogP contribution is 2.25. The van der Waals surface area contributed by atoms with Gasteiger partial charge in [0.2, 0.25) is 0 Å². The minimum atomic E-state index is -0.304. The summed E-state index contributed by atoms with van der Waals surface area (Å²) >= 11 is 3.44. The quantitative estimate of drug-likeness (QED) is 0.692. The molecule has 0 aliphatic rings. The Morgan fingerprint density at radius 1 is 1.19 bits per heavy atom. The molecule has 108 valence electrons. The van der Waals surface area contributed by atoms with Crippen LogP contribution in [0.2, 0.25) is 0 Å². The van der Waals surface area contributed by atoms with E-state index in [1.807, 2.05) is 41.8 Å². The van der Waals surface area contributed by atoms with Gasteiger partial charge in [-0.25, -0.2) is 9.37 Å². The van der Waals surface area contributed by atoms with Crippen molar-refractivity contribution in [1.29, 1.82) is 0 Å². The first-order valence-electron chi connectivity index (χ1n) is 6.71. The third kappa shape index (κ3) is 2.65. The van der Waals surface area contributed by atoms with Crippen molar-refractivity contribution < 1.29 is 9.13 Å². The molecule has 0 amide bonds. The van der Waals surface area contributed by atoms with E-state index in [0.29, 0.717) is 24.5 Å². The Morgan fingerprint density at radius 3 is 2.76 bits per heavy atom. The molecule has 0 unspecified atom stereocenters. The van der Waals surface area contributed by atoms with Crippen molar-refractivity contribution in [1.82, 2.24) is 9.55 Å². The number of hydrogen-bond donors (Lipinski definition) is 0. The van der Waals surface area contributed by atoms with Crippen LogP contribution in [0, 0.1) is 5.82 Å². The van der Waals surface area contributed by atoms with Gasteiger partial charge in [-0.1, -0.05) is 18.2 Å². The summed E-state index contributed by atoms with van der Waals surface area (Å²) in [6.07, 6.45) is 0. The Balaban J connectivity index is 1.94. The molecule has 21 heavy (non-hydrogen) atoms. The van der Waals surface area contributed by atoms with Crippen molar-refractivity contribution in [2.75, 3.05) is 0 Å². The molecule has 0 atom stereocenters. The fourth-order valence-corrected chi connectivity index (χ4v) is 2.73. The van der Waals surface area contributed by atoms with Gasteiger partial charge >= 0.3 is 0 Å². The van der Waals surface area contributed by atoms with E-state index in [1.54, 1.807) is 6.07 Å². The van der Waals surface area contributed by atoms with Gasteiger partial charge in [0.15, 0.2) is 5.82 Å². The monoisotopic (exact) mass is 348 g/mol. The van der Waals surface area contributed by atoms with Gasteiger partial charge in [-0.3, -0.25) is 0 Å². The second-order valence-electron chi connectivity index (χ2n) is 4.60. The number of nitrogens with zero attached hydrogens (tertiary/aromatic N) is 2. The summed E-state index contributed by atoms with van der Waals surface area (Å²) in [7, 11) is 0. The third-order valence-electron chi connectivity index (χ3n) is 3.32. The topological polar surface area (TPSA) is 27.1 Å². The summed E-state index contributed by atoms with van der Waals surface area (Å²) < 4.78 is 22.5. The van der Waals surface area contributed by atoms with Crippen molar-refractivity contribution in [2.45, 2.75) is 20.1 Å². The largest absolute Gasteiger partial charge is 0.484 e. The van der Waals surface area contributed by atoms with Gasteiger partial charge < -0.3 is 9.30 Å². The molecule has 0 N–H and O–H groups in total. The Bertz CT molecular complexity index is 785. The van der Waals surface area contributed by atoms with Gasteiger partial charge in [-0.05, 0) is 47.1 Å². The van der Waals surface area contributed by atoms with E-state index in [1.165, 1.54) is 6.07 Å². The predicted octanol–water partition coefficient (Wildman–Crippen LogP) is 4.54. The summed E-state index contributed by atoms with van der Waals surface area (Å²) in [5.41, 5.74) is 1.19. The molecular formula is C16H14BrFN2O. The zero-order chi connectivity index (χ0) is 14.8. The van der Waals surface area contributed by atoms with Crippen molar-refractivity contribution in [3.63, 3.8) is 0 Å². The Morgan fingerprint density at radius 2 is 2.00 bits per heavy atom. The summed E-state index contributed by atoms with van der Waals surface area (Å²) in [6.45, 7) is 3.02. The standard InChI is InChI=1S/C16H14BrFN2O/c1-2-20-13-8-5-7-12(18)16(13)19-15(20)10-21-14-9-4-3-6-11(14)17/h3-9H,2,10H2,1H3. The highest BCUT2D eigenvalue weighted by molar-refractivity contribution is 9.10. The number of imidazole rings is 1. The van der Waals surface area contributed by atoms with E-state index in [-0.39, 0.29) is 5.82 Å². The van der Waals surface area contributed by atoms with Crippen molar-refractivity contribution in [2.24, 2.45) is 0 Å². The van der Waals surface area contributed by atoms with Crippen LogP contribution in [0.5, 0.6) is 5.75 Å². The molecular weight excluding hydrogens is 335 g/mol. The molecule has 0 spiro atoms. The van der Waals surface area contributed by atoms with Crippen molar-refractivity contribution >= 4 is 27.0 Å². The zero-order valence-corrected chi connectivity index (χ0v) is 13.1. The molecule has 1 aromatic heterocycles. The fraction of sp³-hybridized carbons (Fsp3) is 0.188. The number of aromatic nitrogens is 2. The number of aryl methyl sites for hydroxylation is 1. The zero-order valence-electron chi connectivity index (χ0n) is 11.5. The van der Waals surface area contributed by atoms with Crippen LogP contribution in [0.4, 0.5) is 4.39 Å². The molecule has 3 rings (SSSR count). The van der Waals surface area contributed by atoms with Gasteiger partial charge in [0.25, 0.3) is 0 Å². The SMILES string of the molecule is CCn1c(COc2ccccc2Br)nc2c(F)cccc21. The summed E-state index contributed by atoms with van der Waals surface area (Å²) in [5, 5.41) is 0. The Kier molecular flexibility index (Phi) is 3.92. The van der Waals surface area contributed by atoms with Gasteiger partial charge in [-0.15, -0.1) is 0 Å². The van der Waals surface area contributed by atoms with Crippen LogP contribution in [-0.4, -0.2) is 9.55 Å². The number of para-hydroxylation sites is 2. The molecule has 0 aliphatic carbocycles. The molecule has 2 aromatic carbocycles. The Labute approximate surface area is 130 Å². The summed E-state index contributed by atoms with van der Waals surface area (Å²) in [6, 6.07) is 12.6. The van der Waals surface area contributed by atoms with Crippen LogP contribution in [-0.2, 0) is 13.2 Å². The molecule has 3 aromatic rings. The average molecular weight is 349 g/mol. The van der Waals surface area contributed by atoms with E-state index < -0.39 is 0 Å². The lowest BCUT2D eigenvalue weighted by molar-refractivity contribution is 0.289. The number of rotatable bonds is 4. The first kappa shape index (κ1) is 14.1. The fourth-order valence-electron chi connectivity index (χ4n) is 2.33. The van der Waals surface area contributed by atoms with Crippen LogP contribution in [0.25, 0.3) is 11.0 Å². The number of ether oxygens (including phenoxy) is 1. The molecule has 0 aliphatic heterocycles. The highest BCUT2D eigenvalue weighted by atomic mass is 79.9. The van der Waals surface area contributed by atoms with Crippen LogP contribution in [0.3, 0.4) is 0 Å². The minimum Gasteiger partial charge on any atom is -0.484 e. The second kappa shape index (κ2) is 5.85. The smallest absolute Gasteiger partial charge is 0.151 e. The van der Waals surface area contributed by atoms with Gasteiger partial charge in [0.05, 0.1) is 9.99 Å². The van der Waals surface area contributed by atoms with Crippen molar-refractivity contribution in [3.8, 4) is 5.75 Å². The molecule has 0 bridgehead atoms.